The fraction of sp³-hybridized carbons (Fsp3) is 0.333. The second-order valence-corrected chi connectivity index (χ2v) is 3.41. The summed E-state index contributed by atoms with van der Waals surface area (Å²) < 4.78 is 26.2. The highest BCUT2D eigenvalue weighted by Gasteiger charge is 2.13. The summed E-state index contributed by atoms with van der Waals surface area (Å²) in [7, 11) is 0. The number of benzene rings is 1. The summed E-state index contributed by atoms with van der Waals surface area (Å²) in [5, 5.41) is -0.0722. The standard InChI is InChI=1S/C9H10ClF2N/c1-5(13)4-6-8(11)3-2-7(10)9(6)12/h2-3,5H,4,13H2,1H3/t5-/m1/s1. The lowest BCUT2D eigenvalue weighted by molar-refractivity contribution is 0.542. The van der Waals surface area contributed by atoms with Gasteiger partial charge < -0.3 is 5.73 Å². The van der Waals surface area contributed by atoms with Crippen molar-refractivity contribution in [2.24, 2.45) is 5.73 Å². The summed E-state index contributed by atoms with van der Waals surface area (Å²) in [6.07, 6.45) is 0.151. The second-order valence-electron chi connectivity index (χ2n) is 3.00. The van der Waals surface area contributed by atoms with E-state index in [-0.39, 0.29) is 23.0 Å². The number of hydrogen-bond donors (Lipinski definition) is 1. The van der Waals surface area contributed by atoms with Gasteiger partial charge in [-0.05, 0) is 25.5 Å². The van der Waals surface area contributed by atoms with Crippen molar-refractivity contribution in [2.75, 3.05) is 0 Å². The van der Waals surface area contributed by atoms with E-state index in [0.29, 0.717) is 0 Å². The summed E-state index contributed by atoms with van der Waals surface area (Å²) in [6, 6.07) is 2.04. The Hall–Kier alpha value is -0.670. The Kier molecular flexibility index (Phi) is 3.22. The molecule has 4 heteroatoms. The van der Waals surface area contributed by atoms with E-state index < -0.39 is 11.6 Å². The Balaban J connectivity index is 3.10. The normalized spacial score (nSPS) is 13.0. The van der Waals surface area contributed by atoms with Crippen LogP contribution in [0.3, 0.4) is 0 Å². The SMILES string of the molecule is C[C@@H](N)Cc1c(F)ccc(Cl)c1F. The van der Waals surface area contributed by atoms with E-state index in [9.17, 15) is 8.78 Å². The topological polar surface area (TPSA) is 26.0 Å². The van der Waals surface area contributed by atoms with Gasteiger partial charge in [0.15, 0.2) is 0 Å². The average molecular weight is 206 g/mol. The highest BCUT2D eigenvalue weighted by molar-refractivity contribution is 6.30. The summed E-state index contributed by atoms with van der Waals surface area (Å²) >= 11 is 5.49. The molecule has 0 aliphatic rings. The van der Waals surface area contributed by atoms with Gasteiger partial charge >= 0.3 is 0 Å². The van der Waals surface area contributed by atoms with Crippen molar-refractivity contribution >= 4 is 11.6 Å². The van der Waals surface area contributed by atoms with Gasteiger partial charge in [-0.1, -0.05) is 11.6 Å². The number of nitrogens with two attached hydrogens (primary N) is 1. The van der Waals surface area contributed by atoms with Crippen molar-refractivity contribution < 1.29 is 8.78 Å². The molecule has 0 saturated heterocycles. The minimum absolute atomic E-state index is 0.0394. The Bertz CT molecular complexity index is 313. The van der Waals surface area contributed by atoms with Gasteiger partial charge in [0.25, 0.3) is 0 Å². The van der Waals surface area contributed by atoms with Crippen molar-refractivity contribution in [2.45, 2.75) is 19.4 Å². The lowest BCUT2D eigenvalue weighted by Crippen LogP contribution is -2.19. The van der Waals surface area contributed by atoms with Gasteiger partial charge in [0, 0.05) is 11.6 Å². The molecule has 0 bridgehead atoms. The molecule has 1 rings (SSSR count). The Morgan fingerprint density at radius 2 is 2.08 bits per heavy atom. The minimum atomic E-state index is -0.709. The summed E-state index contributed by atoms with van der Waals surface area (Å²) in [5.74, 6) is -1.31. The van der Waals surface area contributed by atoms with Crippen molar-refractivity contribution in [3.05, 3.63) is 34.4 Å². The molecule has 1 aromatic rings. The summed E-state index contributed by atoms with van der Waals surface area (Å²) in [4.78, 5) is 0. The first-order valence-electron chi connectivity index (χ1n) is 3.90. The third-order valence-corrected chi connectivity index (χ3v) is 1.96. The van der Waals surface area contributed by atoms with Crippen molar-refractivity contribution in [3.8, 4) is 0 Å². The smallest absolute Gasteiger partial charge is 0.147 e. The van der Waals surface area contributed by atoms with E-state index in [0.717, 1.165) is 6.07 Å². The molecule has 0 saturated carbocycles. The van der Waals surface area contributed by atoms with Crippen molar-refractivity contribution in [1.82, 2.24) is 0 Å². The molecule has 0 heterocycles. The van der Waals surface area contributed by atoms with Crippen LogP contribution in [0.2, 0.25) is 5.02 Å². The molecule has 0 amide bonds. The van der Waals surface area contributed by atoms with E-state index in [1.54, 1.807) is 6.92 Å². The first-order chi connectivity index (χ1) is 6.02. The quantitative estimate of drug-likeness (QED) is 0.738. The zero-order chi connectivity index (χ0) is 10.0. The molecule has 1 nitrogen and oxygen atoms in total. The van der Waals surface area contributed by atoms with Crippen LogP contribution in [0.25, 0.3) is 0 Å². The summed E-state index contributed by atoms with van der Waals surface area (Å²) in [6.45, 7) is 1.68. The Morgan fingerprint density at radius 1 is 1.46 bits per heavy atom. The van der Waals surface area contributed by atoms with Crippen LogP contribution in [0.15, 0.2) is 12.1 Å². The van der Waals surface area contributed by atoms with Crippen LogP contribution in [-0.2, 0) is 6.42 Å². The number of halogens is 3. The predicted molar refractivity (Wildman–Crippen MR) is 48.7 cm³/mol. The second kappa shape index (κ2) is 4.03. The zero-order valence-corrected chi connectivity index (χ0v) is 7.91. The molecule has 2 N–H and O–H groups in total. The lowest BCUT2D eigenvalue weighted by Gasteiger charge is -2.08. The maximum atomic E-state index is 13.2. The average Bonchev–Trinajstić information content (AvgIpc) is 2.05. The van der Waals surface area contributed by atoms with Gasteiger partial charge in [0.1, 0.15) is 11.6 Å². The van der Waals surface area contributed by atoms with Crippen molar-refractivity contribution in [3.63, 3.8) is 0 Å². The molecule has 13 heavy (non-hydrogen) atoms. The molecule has 0 radical (unpaired) electrons. The van der Waals surface area contributed by atoms with Crippen LogP contribution in [0, 0.1) is 11.6 Å². The van der Waals surface area contributed by atoms with Crippen LogP contribution < -0.4 is 5.73 Å². The van der Waals surface area contributed by atoms with Gasteiger partial charge in [0.2, 0.25) is 0 Å². The van der Waals surface area contributed by atoms with Gasteiger partial charge in [0.05, 0.1) is 5.02 Å². The highest BCUT2D eigenvalue weighted by Crippen LogP contribution is 2.21. The van der Waals surface area contributed by atoms with Gasteiger partial charge in [-0.25, -0.2) is 8.78 Å². The van der Waals surface area contributed by atoms with E-state index >= 15 is 0 Å². The van der Waals surface area contributed by atoms with E-state index in [4.69, 9.17) is 17.3 Å². The maximum absolute atomic E-state index is 13.2. The van der Waals surface area contributed by atoms with Crippen LogP contribution in [-0.4, -0.2) is 6.04 Å². The molecule has 72 valence electrons. The fourth-order valence-electron chi connectivity index (χ4n) is 1.08. The number of rotatable bonds is 2. The molecular weight excluding hydrogens is 196 g/mol. The van der Waals surface area contributed by atoms with E-state index in [1.807, 2.05) is 0 Å². The molecule has 0 fully saturated rings. The van der Waals surface area contributed by atoms with Gasteiger partial charge in [-0.2, -0.15) is 0 Å². The van der Waals surface area contributed by atoms with Crippen LogP contribution in [0.1, 0.15) is 12.5 Å². The Morgan fingerprint density at radius 3 is 2.62 bits per heavy atom. The first kappa shape index (κ1) is 10.4. The molecule has 1 aromatic carbocycles. The molecule has 0 aliphatic carbocycles. The van der Waals surface area contributed by atoms with Gasteiger partial charge in [-0.3, -0.25) is 0 Å². The lowest BCUT2D eigenvalue weighted by atomic mass is 10.1. The number of hydrogen-bond acceptors (Lipinski definition) is 1. The molecule has 0 spiro atoms. The third-order valence-electron chi connectivity index (χ3n) is 1.67. The molecule has 0 aromatic heterocycles. The fourth-order valence-corrected chi connectivity index (χ4v) is 1.26. The molecule has 1 atom stereocenters. The Labute approximate surface area is 80.5 Å². The van der Waals surface area contributed by atoms with E-state index in [1.165, 1.54) is 6.07 Å². The molecular formula is C9H10ClF2N. The zero-order valence-electron chi connectivity index (χ0n) is 7.15. The van der Waals surface area contributed by atoms with E-state index in [2.05, 4.69) is 0 Å². The van der Waals surface area contributed by atoms with Gasteiger partial charge in [-0.15, -0.1) is 0 Å². The largest absolute Gasteiger partial charge is 0.328 e. The van der Waals surface area contributed by atoms with Crippen LogP contribution in [0.5, 0.6) is 0 Å². The van der Waals surface area contributed by atoms with Crippen LogP contribution >= 0.6 is 11.6 Å². The predicted octanol–water partition coefficient (Wildman–Crippen LogP) is 2.51. The molecule has 0 aliphatic heterocycles. The molecule has 0 unspecified atom stereocenters. The third kappa shape index (κ3) is 2.39. The summed E-state index contributed by atoms with van der Waals surface area (Å²) in [5.41, 5.74) is 5.40. The highest BCUT2D eigenvalue weighted by atomic mass is 35.5. The minimum Gasteiger partial charge on any atom is -0.328 e. The van der Waals surface area contributed by atoms with Crippen LogP contribution in [0.4, 0.5) is 8.78 Å². The van der Waals surface area contributed by atoms with Crippen molar-refractivity contribution in [1.29, 1.82) is 0 Å². The first-order valence-corrected chi connectivity index (χ1v) is 4.28. The monoisotopic (exact) mass is 205 g/mol. The maximum Gasteiger partial charge on any atom is 0.147 e.